The zero-order chi connectivity index (χ0) is 20.2. The number of amides is 1. The van der Waals surface area contributed by atoms with Crippen molar-refractivity contribution in [3.63, 3.8) is 0 Å². The first-order chi connectivity index (χ1) is 14.1. The van der Waals surface area contributed by atoms with Crippen LogP contribution in [0.5, 0.6) is 5.75 Å². The molecule has 150 valence electrons. The zero-order valence-corrected chi connectivity index (χ0v) is 16.0. The molecule has 0 saturated carbocycles. The van der Waals surface area contributed by atoms with Gasteiger partial charge in [-0.3, -0.25) is 9.59 Å². The molecule has 4 rings (SSSR count). The molecule has 1 aliphatic heterocycles. The molecule has 29 heavy (non-hydrogen) atoms. The van der Waals surface area contributed by atoms with Crippen molar-refractivity contribution in [2.24, 2.45) is 5.92 Å². The molecule has 1 saturated heterocycles. The molecule has 1 aliphatic rings. The number of rotatable bonds is 6. The van der Waals surface area contributed by atoms with Crippen molar-refractivity contribution in [3.05, 3.63) is 60.4 Å². The highest BCUT2D eigenvalue weighted by Crippen LogP contribution is 2.21. The number of carboxylic acids is 1. The summed E-state index contributed by atoms with van der Waals surface area (Å²) in [6.45, 7) is 1.20. The average molecular weight is 393 g/mol. The fraction of sp³-hybridized carbons (Fsp3) is 0.318. The fourth-order valence-corrected chi connectivity index (χ4v) is 3.72. The molecule has 2 heterocycles. The summed E-state index contributed by atoms with van der Waals surface area (Å²) >= 11 is 0. The van der Waals surface area contributed by atoms with Gasteiger partial charge in [-0.1, -0.05) is 30.3 Å². The van der Waals surface area contributed by atoms with Gasteiger partial charge in [0.25, 0.3) is 0 Å². The van der Waals surface area contributed by atoms with Gasteiger partial charge in [-0.15, -0.1) is 0 Å². The number of para-hydroxylation sites is 3. The van der Waals surface area contributed by atoms with E-state index in [1.54, 1.807) is 4.90 Å². The molecule has 1 aromatic heterocycles. The molecule has 0 radical (unpaired) electrons. The lowest BCUT2D eigenvalue weighted by atomic mass is 9.98. The van der Waals surface area contributed by atoms with Gasteiger partial charge in [0, 0.05) is 13.1 Å². The van der Waals surface area contributed by atoms with E-state index in [1.165, 1.54) is 0 Å². The van der Waals surface area contributed by atoms with Crippen LogP contribution in [0.2, 0.25) is 0 Å². The van der Waals surface area contributed by atoms with Gasteiger partial charge in [0.05, 0.1) is 17.0 Å². The second-order valence-corrected chi connectivity index (χ2v) is 7.22. The number of carboxylic acid groups (broad SMARTS) is 1. The van der Waals surface area contributed by atoms with Crippen molar-refractivity contribution in [3.8, 4) is 5.75 Å². The maximum Gasteiger partial charge on any atom is 0.308 e. The van der Waals surface area contributed by atoms with Crippen LogP contribution in [0.3, 0.4) is 0 Å². The molecule has 3 aromatic rings. The second kappa shape index (κ2) is 8.34. The van der Waals surface area contributed by atoms with E-state index in [-0.39, 0.29) is 25.6 Å². The Hall–Kier alpha value is -3.35. The molecule has 2 aromatic carbocycles. The highest BCUT2D eigenvalue weighted by molar-refractivity contribution is 5.82. The quantitative estimate of drug-likeness (QED) is 0.696. The smallest absolute Gasteiger partial charge is 0.308 e. The van der Waals surface area contributed by atoms with Crippen LogP contribution >= 0.6 is 0 Å². The number of carbonyl (C=O) groups excluding carboxylic acids is 1. The van der Waals surface area contributed by atoms with Crippen LogP contribution in [0.25, 0.3) is 11.0 Å². The number of carbonyl (C=O) groups is 2. The van der Waals surface area contributed by atoms with Crippen LogP contribution in [0.4, 0.5) is 0 Å². The molecular weight excluding hydrogens is 370 g/mol. The number of likely N-dealkylation sites (tertiary alicyclic amines) is 1. The predicted octanol–water partition coefficient (Wildman–Crippen LogP) is 2.94. The van der Waals surface area contributed by atoms with E-state index < -0.39 is 11.9 Å². The molecule has 1 fully saturated rings. The summed E-state index contributed by atoms with van der Waals surface area (Å²) < 4.78 is 7.72. The van der Waals surface area contributed by atoms with Gasteiger partial charge < -0.3 is 19.3 Å². The maximum atomic E-state index is 12.9. The highest BCUT2D eigenvalue weighted by atomic mass is 16.5. The molecule has 1 amide bonds. The van der Waals surface area contributed by atoms with E-state index in [2.05, 4.69) is 4.98 Å². The van der Waals surface area contributed by atoms with Crippen LogP contribution < -0.4 is 4.74 Å². The largest absolute Gasteiger partial charge is 0.486 e. The van der Waals surface area contributed by atoms with E-state index in [0.29, 0.717) is 25.2 Å². The van der Waals surface area contributed by atoms with E-state index >= 15 is 0 Å². The normalized spacial score (nSPS) is 16.7. The lowest BCUT2D eigenvalue weighted by molar-refractivity contribution is -0.145. The number of benzene rings is 2. The number of aromatic nitrogens is 2. The number of hydrogen-bond donors (Lipinski definition) is 1. The van der Waals surface area contributed by atoms with Gasteiger partial charge in [0.2, 0.25) is 5.91 Å². The Morgan fingerprint density at radius 1 is 1.10 bits per heavy atom. The van der Waals surface area contributed by atoms with Gasteiger partial charge in [0.1, 0.15) is 24.7 Å². The molecule has 0 spiro atoms. The lowest BCUT2D eigenvalue weighted by Gasteiger charge is -2.31. The zero-order valence-electron chi connectivity index (χ0n) is 16.0. The first kappa shape index (κ1) is 19.0. The van der Waals surface area contributed by atoms with E-state index in [4.69, 9.17) is 4.74 Å². The summed E-state index contributed by atoms with van der Waals surface area (Å²) in [5.74, 6) is -0.0336. The van der Waals surface area contributed by atoms with Gasteiger partial charge in [-0.25, -0.2) is 4.98 Å². The first-order valence-corrected chi connectivity index (χ1v) is 9.74. The third-order valence-corrected chi connectivity index (χ3v) is 5.26. The van der Waals surface area contributed by atoms with Gasteiger partial charge in [0.15, 0.2) is 0 Å². The summed E-state index contributed by atoms with van der Waals surface area (Å²) in [5.41, 5.74) is 1.66. The Bertz CT molecular complexity index is 1020. The van der Waals surface area contributed by atoms with Gasteiger partial charge >= 0.3 is 5.97 Å². The Morgan fingerprint density at radius 2 is 1.86 bits per heavy atom. The number of fused-ring (bicyclic) bond motifs is 1. The van der Waals surface area contributed by atoms with Gasteiger partial charge in [-0.2, -0.15) is 0 Å². The monoisotopic (exact) mass is 393 g/mol. The number of aliphatic carboxylic acids is 1. The van der Waals surface area contributed by atoms with Crippen molar-refractivity contribution < 1.29 is 19.4 Å². The summed E-state index contributed by atoms with van der Waals surface area (Å²) in [4.78, 5) is 30.6. The number of nitrogens with zero attached hydrogens (tertiary/aromatic N) is 3. The third-order valence-electron chi connectivity index (χ3n) is 5.26. The van der Waals surface area contributed by atoms with Crippen molar-refractivity contribution >= 4 is 22.9 Å². The van der Waals surface area contributed by atoms with E-state index in [9.17, 15) is 14.7 Å². The van der Waals surface area contributed by atoms with Crippen LogP contribution in [-0.2, 0) is 22.7 Å². The summed E-state index contributed by atoms with van der Waals surface area (Å²) in [6.07, 6.45) is 1.32. The highest BCUT2D eigenvalue weighted by Gasteiger charge is 2.28. The topological polar surface area (TPSA) is 84.7 Å². The fourth-order valence-electron chi connectivity index (χ4n) is 3.72. The number of imidazole rings is 1. The minimum Gasteiger partial charge on any atom is -0.486 e. The van der Waals surface area contributed by atoms with Crippen LogP contribution in [-0.4, -0.2) is 44.5 Å². The van der Waals surface area contributed by atoms with E-state index in [0.717, 1.165) is 16.8 Å². The molecule has 1 N–H and O–H groups in total. The van der Waals surface area contributed by atoms with Crippen LogP contribution in [0.1, 0.15) is 18.7 Å². The Balaban J connectivity index is 1.55. The lowest BCUT2D eigenvalue weighted by Crippen LogP contribution is -2.43. The summed E-state index contributed by atoms with van der Waals surface area (Å²) in [6, 6.07) is 17.1. The third kappa shape index (κ3) is 4.23. The minimum atomic E-state index is -0.840. The molecular formula is C22H23N3O4. The van der Waals surface area contributed by atoms with Crippen molar-refractivity contribution in [1.82, 2.24) is 14.5 Å². The number of hydrogen-bond acceptors (Lipinski definition) is 4. The Morgan fingerprint density at radius 3 is 2.66 bits per heavy atom. The van der Waals surface area contributed by atoms with Crippen molar-refractivity contribution in [1.29, 1.82) is 0 Å². The van der Waals surface area contributed by atoms with Crippen molar-refractivity contribution in [2.75, 3.05) is 13.1 Å². The SMILES string of the molecule is O=C(O)[C@H]1CCCN(C(=O)Cn2c(COc3ccccc3)nc3ccccc32)C1. The first-order valence-electron chi connectivity index (χ1n) is 9.74. The summed E-state index contributed by atoms with van der Waals surface area (Å²) in [5, 5.41) is 9.29. The predicted molar refractivity (Wildman–Crippen MR) is 107 cm³/mol. The van der Waals surface area contributed by atoms with Crippen LogP contribution in [0, 0.1) is 5.92 Å². The van der Waals surface area contributed by atoms with Crippen molar-refractivity contribution in [2.45, 2.75) is 26.0 Å². The summed E-state index contributed by atoms with van der Waals surface area (Å²) in [7, 11) is 0. The molecule has 7 heteroatoms. The van der Waals surface area contributed by atoms with E-state index in [1.807, 2.05) is 59.2 Å². The molecule has 0 unspecified atom stereocenters. The Kier molecular flexibility index (Phi) is 5.46. The Labute approximate surface area is 168 Å². The molecule has 7 nitrogen and oxygen atoms in total. The number of ether oxygens (including phenoxy) is 1. The van der Waals surface area contributed by atoms with Crippen LogP contribution in [0.15, 0.2) is 54.6 Å². The average Bonchev–Trinajstić information content (AvgIpc) is 3.10. The minimum absolute atomic E-state index is 0.0972. The molecule has 0 aliphatic carbocycles. The standard InChI is InChI=1S/C22H23N3O4/c26-21(24-12-6-7-16(13-24)22(27)28)14-25-19-11-5-4-10-18(19)23-20(25)15-29-17-8-2-1-3-9-17/h1-5,8-11,16H,6-7,12-15H2,(H,27,28)/t16-/m0/s1. The number of piperidine rings is 1. The second-order valence-electron chi connectivity index (χ2n) is 7.22. The molecule has 1 atom stereocenters. The van der Waals surface area contributed by atoms with Gasteiger partial charge in [-0.05, 0) is 37.1 Å². The molecule has 0 bridgehead atoms. The maximum absolute atomic E-state index is 12.9.